The van der Waals surface area contributed by atoms with E-state index in [1.807, 2.05) is 6.92 Å². The lowest BCUT2D eigenvalue weighted by atomic mass is 9.98. The molecule has 0 spiro atoms. The van der Waals surface area contributed by atoms with Gasteiger partial charge in [0.15, 0.2) is 11.6 Å². The van der Waals surface area contributed by atoms with Crippen molar-refractivity contribution in [3.05, 3.63) is 70.0 Å². The van der Waals surface area contributed by atoms with Gasteiger partial charge in [0.05, 0.1) is 6.04 Å². The summed E-state index contributed by atoms with van der Waals surface area (Å²) in [6, 6.07) is 7.09. The highest BCUT2D eigenvalue weighted by molar-refractivity contribution is 6.30. The second-order valence-corrected chi connectivity index (χ2v) is 4.77. The quantitative estimate of drug-likeness (QED) is 0.879. The van der Waals surface area contributed by atoms with Gasteiger partial charge in [0.2, 0.25) is 0 Å². The van der Waals surface area contributed by atoms with Crippen LogP contribution in [0, 0.1) is 17.5 Å². The molecule has 2 aromatic rings. The number of nitrogens with one attached hydrogen (secondary N) is 1. The molecule has 5 heteroatoms. The highest BCUT2D eigenvalue weighted by atomic mass is 35.5. The molecule has 0 heterocycles. The van der Waals surface area contributed by atoms with Gasteiger partial charge in [0.25, 0.3) is 0 Å². The Hall–Kier alpha value is -1.52. The molecule has 0 aliphatic rings. The summed E-state index contributed by atoms with van der Waals surface area (Å²) in [5, 5.41) is 3.42. The van der Waals surface area contributed by atoms with E-state index >= 15 is 0 Å². The zero-order valence-electron chi connectivity index (χ0n) is 10.8. The topological polar surface area (TPSA) is 12.0 Å². The number of hydrogen-bond donors (Lipinski definition) is 1. The maximum absolute atomic E-state index is 13.9. The summed E-state index contributed by atoms with van der Waals surface area (Å²) in [6.07, 6.45) is 0. The van der Waals surface area contributed by atoms with Crippen molar-refractivity contribution in [1.82, 2.24) is 5.32 Å². The fourth-order valence-electron chi connectivity index (χ4n) is 2.04. The number of benzene rings is 2. The second-order valence-electron chi connectivity index (χ2n) is 4.33. The third kappa shape index (κ3) is 3.14. The smallest absolute Gasteiger partial charge is 0.159 e. The van der Waals surface area contributed by atoms with Crippen LogP contribution in [0.1, 0.15) is 24.1 Å². The van der Waals surface area contributed by atoms with E-state index in [-0.39, 0.29) is 0 Å². The highest BCUT2D eigenvalue weighted by Crippen LogP contribution is 2.27. The summed E-state index contributed by atoms with van der Waals surface area (Å²) in [5.74, 6) is -2.35. The van der Waals surface area contributed by atoms with E-state index < -0.39 is 23.5 Å². The summed E-state index contributed by atoms with van der Waals surface area (Å²) in [6.45, 7) is 2.38. The van der Waals surface area contributed by atoms with Crippen molar-refractivity contribution < 1.29 is 13.2 Å². The SMILES string of the molecule is CCNC(c1ccc(F)c(F)c1)c1cc(Cl)ccc1F. The molecule has 0 bridgehead atoms. The minimum absolute atomic E-state index is 0.297. The molecule has 0 saturated heterocycles. The van der Waals surface area contributed by atoms with Gasteiger partial charge in [-0.1, -0.05) is 24.6 Å². The molecule has 0 aromatic heterocycles. The summed E-state index contributed by atoms with van der Waals surface area (Å²) in [7, 11) is 0. The van der Waals surface area contributed by atoms with Crippen molar-refractivity contribution in [2.45, 2.75) is 13.0 Å². The molecular weight excluding hydrogens is 287 g/mol. The Balaban J connectivity index is 2.49. The number of rotatable bonds is 4. The molecule has 1 N–H and O–H groups in total. The normalized spacial score (nSPS) is 12.4. The summed E-state index contributed by atoms with van der Waals surface area (Å²) >= 11 is 5.88. The van der Waals surface area contributed by atoms with Crippen LogP contribution in [0.3, 0.4) is 0 Å². The molecule has 0 fully saturated rings. The molecule has 1 nitrogen and oxygen atoms in total. The van der Waals surface area contributed by atoms with Crippen LogP contribution in [0.4, 0.5) is 13.2 Å². The van der Waals surface area contributed by atoms with Crippen LogP contribution in [-0.4, -0.2) is 6.54 Å². The van der Waals surface area contributed by atoms with Gasteiger partial charge >= 0.3 is 0 Å². The van der Waals surface area contributed by atoms with E-state index in [2.05, 4.69) is 5.32 Å². The van der Waals surface area contributed by atoms with Gasteiger partial charge < -0.3 is 5.32 Å². The van der Waals surface area contributed by atoms with E-state index in [9.17, 15) is 13.2 Å². The van der Waals surface area contributed by atoms with Crippen LogP contribution in [0.15, 0.2) is 36.4 Å². The van der Waals surface area contributed by atoms with Crippen LogP contribution >= 0.6 is 11.6 Å². The van der Waals surface area contributed by atoms with Crippen molar-refractivity contribution in [2.24, 2.45) is 0 Å². The molecule has 1 atom stereocenters. The van der Waals surface area contributed by atoms with Crippen molar-refractivity contribution >= 4 is 11.6 Å². The molecule has 2 rings (SSSR count). The maximum atomic E-state index is 13.9. The average Bonchev–Trinajstić information content (AvgIpc) is 2.42. The Morgan fingerprint density at radius 1 is 1.00 bits per heavy atom. The van der Waals surface area contributed by atoms with Crippen LogP contribution in [0.2, 0.25) is 5.02 Å². The van der Waals surface area contributed by atoms with Gasteiger partial charge in [0, 0.05) is 10.6 Å². The first-order valence-electron chi connectivity index (χ1n) is 6.16. The molecule has 0 saturated carbocycles. The third-order valence-electron chi connectivity index (χ3n) is 2.95. The first-order valence-corrected chi connectivity index (χ1v) is 6.54. The van der Waals surface area contributed by atoms with Crippen LogP contribution in [0.5, 0.6) is 0 Å². The largest absolute Gasteiger partial charge is 0.306 e. The van der Waals surface area contributed by atoms with Crippen LogP contribution in [-0.2, 0) is 0 Å². The molecular formula is C15H13ClF3N. The zero-order chi connectivity index (χ0) is 14.7. The van der Waals surface area contributed by atoms with Gasteiger partial charge in [-0.3, -0.25) is 0 Å². The monoisotopic (exact) mass is 299 g/mol. The fourth-order valence-corrected chi connectivity index (χ4v) is 2.22. The average molecular weight is 300 g/mol. The minimum atomic E-state index is -0.965. The second kappa shape index (κ2) is 6.29. The molecule has 0 aliphatic heterocycles. The Morgan fingerprint density at radius 2 is 1.70 bits per heavy atom. The van der Waals surface area contributed by atoms with E-state index in [0.717, 1.165) is 12.1 Å². The predicted molar refractivity (Wildman–Crippen MR) is 73.3 cm³/mol. The van der Waals surface area contributed by atoms with Crippen LogP contribution in [0.25, 0.3) is 0 Å². The third-order valence-corrected chi connectivity index (χ3v) is 3.19. The lowest BCUT2D eigenvalue weighted by Gasteiger charge is -2.20. The Bertz CT molecular complexity index is 616. The predicted octanol–water partition coefficient (Wildman–Crippen LogP) is 4.46. The van der Waals surface area contributed by atoms with Crippen molar-refractivity contribution in [2.75, 3.05) is 6.54 Å². The molecule has 106 valence electrons. The van der Waals surface area contributed by atoms with E-state index in [0.29, 0.717) is 22.7 Å². The van der Waals surface area contributed by atoms with Crippen molar-refractivity contribution in [3.63, 3.8) is 0 Å². The van der Waals surface area contributed by atoms with Gasteiger partial charge in [-0.25, -0.2) is 13.2 Å². The summed E-state index contributed by atoms with van der Waals surface area (Å²) in [4.78, 5) is 0. The number of hydrogen-bond acceptors (Lipinski definition) is 1. The highest BCUT2D eigenvalue weighted by Gasteiger charge is 2.19. The summed E-state index contributed by atoms with van der Waals surface area (Å²) < 4.78 is 40.3. The lowest BCUT2D eigenvalue weighted by molar-refractivity contribution is 0.502. The summed E-state index contributed by atoms with van der Waals surface area (Å²) in [5.41, 5.74) is 0.734. The zero-order valence-corrected chi connectivity index (χ0v) is 11.5. The number of halogens is 4. The lowest BCUT2D eigenvalue weighted by Crippen LogP contribution is -2.23. The fraction of sp³-hybridized carbons (Fsp3) is 0.200. The maximum Gasteiger partial charge on any atom is 0.159 e. The Kier molecular flexibility index (Phi) is 4.68. The van der Waals surface area contributed by atoms with Crippen molar-refractivity contribution in [3.8, 4) is 0 Å². The van der Waals surface area contributed by atoms with E-state index in [1.54, 1.807) is 0 Å². The molecule has 1 unspecified atom stereocenters. The van der Waals surface area contributed by atoms with E-state index in [1.165, 1.54) is 24.3 Å². The molecule has 0 amide bonds. The van der Waals surface area contributed by atoms with Crippen LogP contribution < -0.4 is 5.32 Å². The van der Waals surface area contributed by atoms with Gasteiger partial charge in [-0.05, 0) is 42.4 Å². The minimum Gasteiger partial charge on any atom is -0.306 e. The first kappa shape index (κ1) is 14.9. The molecule has 0 radical (unpaired) electrons. The molecule has 20 heavy (non-hydrogen) atoms. The van der Waals surface area contributed by atoms with Gasteiger partial charge in [0.1, 0.15) is 5.82 Å². The van der Waals surface area contributed by atoms with E-state index in [4.69, 9.17) is 11.6 Å². The molecule has 2 aromatic carbocycles. The van der Waals surface area contributed by atoms with Crippen molar-refractivity contribution in [1.29, 1.82) is 0 Å². The Morgan fingerprint density at radius 3 is 2.35 bits per heavy atom. The van der Waals surface area contributed by atoms with Gasteiger partial charge in [-0.2, -0.15) is 0 Å². The molecule has 0 aliphatic carbocycles. The Labute approximate surface area is 120 Å². The standard InChI is InChI=1S/C15H13ClF3N/c1-2-20-15(9-3-5-13(18)14(19)7-9)11-8-10(16)4-6-12(11)17/h3-8,15,20H,2H2,1H3. The first-order chi connectivity index (χ1) is 9.52. The van der Waals surface area contributed by atoms with Gasteiger partial charge in [-0.15, -0.1) is 0 Å².